The van der Waals surface area contributed by atoms with Crippen LogP contribution < -0.4 is 5.32 Å². The number of hydrogen-bond donors (Lipinski definition) is 3. The topological polar surface area (TPSA) is 91.8 Å². The molecule has 0 saturated carbocycles. The van der Waals surface area contributed by atoms with Crippen LogP contribution in [0.2, 0.25) is 0 Å². The van der Waals surface area contributed by atoms with Crippen molar-refractivity contribution in [2.75, 3.05) is 0 Å². The highest BCUT2D eigenvalue weighted by atomic mass is 16.3. The number of pyridine rings is 2. The van der Waals surface area contributed by atoms with Gasteiger partial charge in [0.2, 0.25) is 5.88 Å². The fourth-order valence-corrected chi connectivity index (χ4v) is 4.90. The summed E-state index contributed by atoms with van der Waals surface area (Å²) >= 11 is 0. The summed E-state index contributed by atoms with van der Waals surface area (Å²) in [5.74, 6) is 1.77. The number of rotatable bonds is 8. The van der Waals surface area contributed by atoms with Gasteiger partial charge in [0, 0.05) is 59.6 Å². The Hall–Kier alpha value is -4.65. The molecule has 0 atom stereocenters. The summed E-state index contributed by atoms with van der Waals surface area (Å²) in [4.78, 5) is 9.18. The van der Waals surface area contributed by atoms with E-state index in [9.17, 15) is 5.11 Å². The molecule has 0 aliphatic heterocycles. The average molecular weight is 505 g/mol. The lowest BCUT2D eigenvalue weighted by Gasteiger charge is -2.16. The van der Waals surface area contributed by atoms with E-state index in [1.54, 1.807) is 6.07 Å². The van der Waals surface area contributed by atoms with Gasteiger partial charge in [0.15, 0.2) is 0 Å². The number of aromatic hydroxyl groups is 1. The van der Waals surface area contributed by atoms with Gasteiger partial charge in [-0.1, -0.05) is 6.07 Å². The quantitative estimate of drug-likeness (QED) is 0.226. The molecular weight excluding hydrogens is 472 g/mol. The molecule has 0 aliphatic rings. The van der Waals surface area contributed by atoms with Crippen LogP contribution in [0.15, 0.2) is 78.5 Å². The van der Waals surface area contributed by atoms with E-state index in [-0.39, 0.29) is 5.88 Å². The average Bonchev–Trinajstić information content (AvgIpc) is 3.42. The Labute approximate surface area is 222 Å². The van der Waals surface area contributed by atoms with Gasteiger partial charge in [-0.25, -0.2) is 9.97 Å². The molecule has 7 nitrogen and oxygen atoms in total. The Kier molecular flexibility index (Phi) is 6.83. The van der Waals surface area contributed by atoms with Crippen molar-refractivity contribution in [1.82, 2.24) is 24.4 Å². The minimum Gasteiger partial charge on any atom is -0.493 e. The van der Waals surface area contributed by atoms with Crippen LogP contribution >= 0.6 is 0 Å². The summed E-state index contributed by atoms with van der Waals surface area (Å²) in [6.45, 7) is 8.97. The maximum Gasteiger partial charge on any atom is 0.211 e. The highest BCUT2D eigenvalue weighted by molar-refractivity contribution is 5.80. The first-order valence-corrected chi connectivity index (χ1v) is 12.7. The van der Waals surface area contributed by atoms with Gasteiger partial charge < -0.3 is 25.0 Å². The molecule has 0 unspecified atom stereocenters. The lowest BCUT2D eigenvalue weighted by molar-refractivity contribution is 0.456. The summed E-state index contributed by atoms with van der Waals surface area (Å²) in [6.07, 6.45) is 3.90. The van der Waals surface area contributed by atoms with Gasteiger partial charge >= 0.3 is 0 Å². The third-order valence-corrected chi connectivity index (χ3v) is 6.78. The second-order valence-corrected chi connectivity index (χ2v) is 9.71. The number of allylic oxidation sites excluding steroid dienone is 1. The summed E-state index contributed by atoms with van der Waals surface area (Å²) in [6, 6.07) is 22.1. The normalized spacial score (nSPS) is 11.7. The first-order chi connectivity index (χ1) is 18.3. The zero-order valence-electron chi connectivity index (χ0n) is 22.2. The molecule has 0 amide bonds. The van der Waals surface area contributed by atoms with Crippen LogP contribution in [0.25, 0.3) is 22.5 Å². The van der Waals surface area contributed by atoms with Gasteiger partial charge in [-0.15, -0.1) is 0 Å². The molecule has 5 aromatic rings. The van der Waals surface area contributed by atoms with Crippen LogP contribution in [0.4, 0.5) is 0 Å². The molecule has 4 aromatic heterocycles. The van der Waals surface area contributed by atoms with Gasteiger partial charge in [0.25, 0.3) is 0 Å². The van der Waals surface area contributed by atoms with Crippen LogP contribution in [0.1, 0.15) is 33.9 Å². The van der Waals surface area contributed by atoms with Crippen molar-refractivity contribution >= 4 is 17.1 Å². The van der Waals surface area contributed by atoms with E-state index in [1.165, 1.54) is 6.21 Å². The molecule has 4 heterocycles. The van der Waals surface area contributed by atoms with Crippen LogP contribution in [-0.4, -0.2) is 30.4 Å². The van der Waals surface area contributed by atoms with E-state index in [1.807, 2.05) is 24.4 Å². The molecule has 192 valence electrons. The fourth-order valence-electron chi connectivity index (χ4n) is 4.90. The molecule has 0 aliphatic carbocycles. The second-order valence-electron chi connectivity index (χ2n) is 9.71. The maximum atomic E-state index is 9.59. The number of aromatic nitrogens is 4. The third kappa shape index (κ3) is 5.09. The van der Waals surface area contributed by atoms with E-state index in [2.05, 4.69) is 89.6 Å². The molecule has 3 N–H and O–H groups in total. The van der Waals surface area contributed by atoms with Crippen molar-refractivity contribution in [3.63, 3.8) is 0 Å². The van der Waals surface area contributed by atoms with Crippen LogP contribution in [0.3, 0.4) is 0 Å². The smallest absolute Gasteiger partial charge is 0.211 e. The molecule has 0 radical (unpaired) electrons. The van der Waals surface area contributed by atoms with Crippen LogP contribution in [0.5, 0.6) is 5.88 Å². The number of hydrogen-bond acceptors (Lipinski definition) is 5. The zero-order chi connectivity index (χ0) is 26.8. The molecule has 5 rings (SSSR count). The maximum absolute atomic E-state index is 9.59. The van der Waals surface area contributed by atoms with Gasteiger partial charge in [-0.3, -0.25) is 0 Å². The van der Waals surface area contributed by atoms with Crippen molar-refractivity contribution in [2.45, 2.75) is 40.7 Å². The minimum absolute atomic E-state index is 0.0218. The molecule has 0 spiro atoms. The molecule has 1 aromatic carbocycles. The Balaban J connectivity index is 1.42. The summed E-state index contributed by atoms with van der Waals surface area (Å²) < 4.78 is 4.34. The summed E-state index contributed by atoms with van der Waals surface area (Å²) in [5, 5.41) is 22.0. The second kappa shape index (κ2) is 10.4. The molecule has 38 heavy (non-hydrogen) atoms. The van der Waals surface area contributed by atoms with Gasteiger partial charge in [0.1, 0.15) is 11.6 Å². The van der Waals surface area contributed by atoms with E-state index in [0.717, 1.165) is 62.0 Å². The molecular formula is C31H32N6O. The predicted molar refractivity (Wildman–Crippen MR) is 153 cm³/mol. The molecule has 0 fully saturated rings. The first-order valence-electron chi connectivity index (χ1n) is 12.7. The summed E-state index contributed by atoms with van der Waals surface area (Å²) in [7, 11) is 0. The highest BCUT2D eigenvalue weighted by Gasteiger charge is 2.13. The number of aryl methyl sites for hydroxylation is 4. The highest BCUT2D eigenvalue weighted by Crippen LogP contribution is 2.23. The van der Waals surface area contributed by atoms with Gasteiger partial charge in [-0.2, -0.15) is 0 Å². The lowest BCUT2D eigenvalue weighted by Crippen LogP contribution is -2.10. The fraction of sp³-hybridized carbons (Fsp3) is 0.194. The number of benzene rings is 1. The standard InChI is InChI=1S/C31H32N6O/c1-20-5-6-21(2)36(20)29-15-25(16-30(35-29)37-22(3)7-8-23(37)4)13-26(17-32)19-33-18-24-9-11-28-27(14-24)10-12-31(38)34-28/h5-12,14-17,19,32-33H,13,18H2,1-4H3,(H,34,38)/b26-19-,32-17?. The molecule has 0 bridgehead atoms. The lowest BCUT2D eigenvalue weighted by atomic mass is 10.1. The monoisotopic (exact) mass is 504 g/mol. The number of nitrogens with one attached hydrogen (secondary N) is 2. The Bertz CT molecular complexity index is 1570. The molecule has 0 saturated heterocycles. The van der Waals surface area contributed by atoms with E-state index < -0.39 is 0 Å². The third-order valence-electron chi connectivity index (χ3n) is 6.78. The van der Waals surface area contributed by atoms with Crippen molar-refractivity contribution in [3.8, 4) is 17.5 Å². The van der Waals surface area contributed by atoms with Crippen molar-refractivity contribution in [3.05, 3.63) is 112 Å². The van der Waals surface area contributed by atoms with Crippen molar-refractivity contribution in [1.29, 1.82) is 5.41 Å². The Morgan fingerprint density at radius 2 is 1.39 bits per heavy atom. The number of fused-ring (bicyclic) bond motifs is 1. The van der Waals surface area contributed by atoms with Gasteiger partial charge in [0.05, 0.1) is 5.52 Å². The van der Waals surface area contributed by atoms with Crippen molar-refractivity contribution in [2.24, 2.45) is 0 Å². The predicted octanol–water partition coefficient (Wildman–Crippen LogP) is 6.02. The van der Waals surface area contributed by atoms with E-state index >= 15 is 0 Å². The van der Waals surface area contributed by atoms with Crippen molar-refractivity contribution < 1.29 is 5.11 Å². The Morgan fingerprint density at radius 1 is 0.789 bits per heavy atom. The van der Waals surface area contributed by atoms with E-state index in [4.69, 9.17) is 10.4 Å². The number of nitrogens with zero attached hydrogens (tertiary/aromatic N) is 4. The first kappa shape index (κ1) is 25.0. The summed E-state index contributed by atoms with van der Waals surface area (Å²) in [5.41, 5.74) is 8.31. The largest absolute Gasteiger partial charge is 0.493 e. The van der Waals surface area contributed by atoms with E-state index in [0.29, 0.717) is 13.0 Å². The SMILES string of the molecule is Cc1ccc(C)n1-c1cc(C/C(C=N)=C/NCc2ccc3nc(O)ccc3c2)cc(-n2c(C)ccc2C)n1. The van der Waals surface area contributed by atoms with Crippen LogP contribution in [0, 0.1) is 33.1 Å². The molecule has 7 heteroatoms. The van der Waals surface area contributed by atoms with Crippen LogP contribution in [-0.2, 0) is 13.0 Å². The zero-order valence-corrected chi connectivity index (χ0v) is 22.2. The minimum atomic E-state index is 0.0218. The van der Waals surface area contributed by atoms with Gasteiger partial charge in [-0.05, 0) is 99.0 Å². The Morgan fingerprint density at radius 3 is 1.97 bits per heavy atom.